The van der Waals surface area contributed by atoms with E-state index < -0.39 is 12.1 Å². The molecule has 1 unspecified atom stereocenters. The van der Waals surface area contributed by atoms with Gasteiger partial charge in [-0.1, -0.05) is 49.6 Å². The fraction of sp³-hybridized carbons (Fsp3) is 0.529. The number of carbonyl (C=O) groups excluding carboxylic acids is 1. The number of carbonyl (C=O) groups is 2. The number of aliphatic hydroxyl groups excluding tert-OH is 1. The zero-order valence-electron chi connectivity index (χ0n) is 12.7. The molecule has 1 aromatic carbocycles. The fourth-order valence-electron chi connectivity index (χ4n) is 2.12. The second-order valence-corrected chi connectivity index (χ2v) is 5.35. The molecular weight excluding hydrogens is 284 g/mol. The summed E-state index contributed by atoms with van der Waals surface area (Å²) < 4.78 is 5.17. The third-order valence-corrected chi connectivity index (χ3v) is 3.32. The number of esters is 1. The van der Waals surface area contributed by atoms with Gasteiger partial charge in [0, 0.05) is 6.42 Å². The first-order chi connectivity index (χ1) is 10.6. The monoisotopic (exact) mass is 308 g/mol. The minimum Gasteiger partial charge on any atom is -0.481 e. The molecule has 5 nitrogen and oxygen atoms in total. The lowest BCUT2D eigenvalue weighted by molar-refractivity contribution is -0.145. The molecule has 0 fully saturated rings. The lowest BCUT2D eigenvalue weighted by Gasteiger charge is -2.07. The molecule has 0 aromatic heterocycles. The first-order valence-corrected chi connectivity index (χ1v) is 7.67. The van der Waals surface area contributed by atoms with Crippen molar-refractivity contribution in [3.05, 3.63) is 35.9 Å². The van der Waals surface area contributed by atoms with E-state index in [2.05, 4.69) is 0 Å². The van der Waals surface area contributed by atoms with Crippen molar-refractivity contribution >= 4 is 11.9 Å². The predicted octanol–water partition coefficient (Wildman–Crippen LogP) is 2.91. The summed E-state index contributed by atoms with van der Waals surface area (Å²) in [5.74, 6) is -1.18. The molecule has 0 spiro atoms. The van der Waals surface area contributed by atoms with Gasteiger partial charge in [-0.3, -0.25) is 9.59 Å². The van der Waals surface area contributed by atoms with Crippen LogP contribution in [-0.4, -0.2) is 28.3 Å². The van der Waals surface area contributed by atoms with Gasteiger partial charge in [0.2, 0.25) is 0 Å². The Labute approximate surface area is 130 Å². The second kappa shape index (κ2) is 10.8. The van der Waals surface area contributed by atoms with E-state index in [1.165, 1.54) is 0 Å². The van der Waals surface area contributed by atoms with Crippen LogP contribution in [0.5, 0.6) is 0 Å². The Bertz CT molecular complexity index is 444. The van der Waals surface area contributed by atoms with E-state index >= 15 is 0 Å². The third kappa shape index (κ3) is 9.13. The van der Waals surface area contributed by atoms with E-state index in [1.807, 2.05) is 30.3 Å². The smallest absolute Gasteiger partial charge is 0.306 e. The molecule has 122 valence electrons. The van der Waals surface area contributed by atoms with Gasteiger partial charge in [-0.2, -0.15) is 0 Å². The van der Waals surface area contributed by atoms with Gasteiger partial charge in [-0.25, -0.2) is 0 Å². The molecule has 1 aromatic rings. The lowest BCUT2D eigenvalue weighted by atomic mass is 10.1. The summed E-state index contributed by atoms with van der Waals surface area (Å²) in [6, 6.07) is 9.55. The summed E-state index contributed by atoms with van der Waals surface area (Å²) in [5, 5.41) is 17.9. The molecule has 0 aliphatic rings. The van der Waals surface area contributed by atoms with Crippen molar-refractivity contribution in [2.75, 3.05) is 0 Å². The quantitative estimate of drug-likeness (QED) is 0.485. The summed E-state index contributed by atoms with van der Waals surface area (Å²) in [4.78, 5) is 21.9. The van der Waals surface area contributed by atoms with Crippen molar-refractivity contribution in [3.63, 3.8) is 0 Å². The van der Waals surface area contributed by atoms with Crippen molar-refractivity contribution in [2.24, 2.45) is 0 Å². The molecule has 1 rings (SSSR count). The Balaban J connectivity index is 1.98. The minimum absolute atomic E-state index is 0.199. The topological polar surface area (TPSA) is 83.8 Å². The van der Waals surface area contributed by atoms with Crippen LogP contribution >= 0.6 is 0 Å². The van der Waals surface area contributed by atoms with Crippen LogP contribution in [0.1, 0.15) is 50.5 Å². The van der Waals surface area contributed by atoms with Crippen LogP contribution < -0.4 is 0 Å². The molecule has 1 atom stereocenters. The predicted molar refractivity (Wildman–Crippen MR) is 82.2 cm³/mol. The standard InChI is InChI=1S/C17H24O5/c18-15(12-16(19)20)10-6-1-2-7-11-17(21)22-13-14-8-4-3-5-9-14/h3-5,8-9,15,18H,1-2,6-7,10-13H2,(H,19,20). The van der Waals surface area contributed by atoms with Crippen molar-refractivity contribution in [1.82, 2.24) is 0 Å². The van der Waals surface area contributed by atoms with E-state index in [9.17, 15) is 14.7 Å². The zero-order valence-corrected chi connectivity index (χ0v) is 12.7. The van der Waals surface area contributed by atoms with Gasteiger partial charge in [0.05, 0.1) is 12.5 Å². The molecule has 5 heteroatoms. The molecule has 0 bridgehead atoms. The van der Waals surface area contributed by atoms with Gasteiger partial charge in [0.1, 0.15) is 6.61 Å². The van der Waals surface area contributed by atoms with Crippen molar-refractivity contribution in [1.29, 1.82) is 0 Å². The molecule has 0 radical (unpaired) electrons. The first-order valence-electron chi connectivity index (χ1n) is 7.67. The SMILES string of the molecule is O=C(O)CC(O)CCCCCCC(=O)OCc1ccccc1. The Morgan fingerprint density at radius 3 is 2.41 bits per heavy atom. The largest absolute Gasteiger partial charge is 0.481 e. The Morgan fingerprint density at radius 1 is 1.05 bits per heavy atom. The molecule has 0 aliphatic heterocycles. The molecule has 0 amide bonds. The number of ether oxygens (including phenoxy) is 1. The van der Waals surface area contributed by atoms with E-state index in [4.69, 9.17) is 9.84 Å². The first kappa shape index (κ1) is 18.2. The van der Waals surface area contributed by atoms with Gasteiger partial charge < -0.3 is 14.9 Å². The highest BCUT2D eigenvalue weighted by molar-refractivity contribution is 5.69. The summed E-state index contributed by atoms with van der Waals surface area (Å²) >= 11 is 0. The van der Waals surface area contributed by atoms with Crippen molar-refractivity contribution < 1.29 is 24.5 Å². The normalized spacial score (nSPS) is 11.9. The Kier molecular flexibility index (Phi) is 8.91. The molecule has 0 saturated heterocycles. The van der Waals surface area contributed by atoms with Gasteiger partial charge >= 0.3 is 11.9 Å². The lowest BCUT2D eigenvalue weighted by Crippen LogP contribution is -2.12. The molecule has 2 N–H and O–H groups in total. The van der Waals surface area contributed by atoms with Crippen LogP contribution in [0, 0.1) is 0 Å². The number of aliphatic hydroxyl groups is 1. The highest BCUT2D eigenvalue weighted by atomic mass is 16.5. The van der Waals surface area contributed by atoms with Crippen LogP contribution in [-0.2, 0) is 20.9 Å². The Morgan fingerprint density at radius 2 is 1.73 bits per heavy atom. The van der Waals surface area contributed by atoms with Crippen LogP contribution in [0.2, 0.25) is 0 Å². The summed E-state index contributed by atoms with van der Waals surface area (Å²) in [6.07, 6.45) is 3.19. The third-order valence-electron chi connectivity index (χ3n) is 3.32. The maximum absolute atomic E-state index is 11.6. The average molecular weight is 308 g/mol. The number of benzene rings is 1. The highest BCUT2D eigenvalue weighted by Crippen LogP contribution is 2.10. The molecule has 0 heterocycles. The Hall–Kier alpha value is -1.88. The maximum atomic E-state index is 11.6. The number of unbranched alkanes of at least 4 members (excludes halogenated alkanes) is 3. The van der Waals surface area contributed by atoms with Crippen LogP contribution in [0.3, 0.4) is 0 Å². The summed E-state index contributed by atoms with van der Waals surface area (Å²) in [7, 11) is 0. The summed E-state index contributed by atoms with van der Waals surface area (Å²) in [6.45, 7) is 0.307. The van der Waals surface area contributed by atoms with E-state index in [0.29, 0.717) is 19.4 Å². The number of hydrogen-bond donors (Lipinski definition) is 2. The second-order valence-electron chi connectivity index (χ2n) is 5.35. The van der Waals surface area contributed by atoms with Crippen molar-refractivity contribution in [3.8, 4) is 0 Å². The van der Waals surface area contributed by atoms with E-state index in [0.717, 1.165) is 31.2 Å². The van der Waals surface area contributed by atoms with E-state index in [-0.39, 0.29) is 12.4 Å². The fourth-order valence-corrected chi connectivity index (χ4v) is 2.12. The molecule has 0 saturated carbocycles. The van der Waals surface area contributed by atoms with Crippen LogP contribution in [0.4, 0.5) is 0 Å². The number of hydrogen-bond acceptors (Lipinski definition) is 4. The average Bonchev–Trinajstić information content (AvgIpc) is 2.49. The molecular formula is C17H24O5. The van der Waals surface area contributed by atoms with Crippen molar-refractivity contribution in [2.45, 2.75) is 57.7 Å². The maximum Gasteiger partial charge on any atom is 0.306 e. The molecule has 0 aliphatic carbocycles. The highest BCUT2D eigenvalue weighted by Gasteiger charge is 2.09. The van der Waals surface area contributed by atoms with Gasteiger partial charge in [-0.05, 0) is 18.4 Å². The van der Waals surface area contributed by atoms with Gasteiger partial charge in [0.25, 0.3) is 0 Å². The minimum atomic E-state index is -0.978. The number of carboxylic acids is 1. The zero-order chi connectivity index (χ0) is 16.2. The number of aliphatic carboxylic acids is 1. The van der Waals surface area contributed by atoms with Crippen LogP contribution in [0.25, 0.3) is 0 Å². The van der Waals surface area contributed by atoms with Gasteiger partial charge in [0.15, 0.2) is 0 Å². The number of carboxylic acid groups (broad SMARTS) is 1. The molecule has 22 heavy (non-hydrogen) atoms. The van der Waals surface area contributed by atoms with E-state index in [1.54, 1.807) is 0 Å². The number of rotatable bonds is 11. The van der Waals surface area contributed by atoms with Gasteiger partial charge in [-0.15, -0.1) is 0 Å². The summed E-state index contributed by atoms with van der Waals surface area (Å²) in [5.41, 5.74) is 0.975. The van der Waals surface area contributed by atoms with Crippen LogP contribution in [0.15, 0.2) is 30.3 Å².